The number of fused-ring (bicyclic) bond motifs is 1. The van der Waals surface area contributed by atoms with Crippen molar-refractivity contribution in [2.24, 2.45) is 0 Å². The number of para-hydroxylation sites is 1. The number of esters is 1. The molecular weight excluding hydrogens is 350 g/mol. The van der Waals surface area contributed by atoms with Crippen LogP contribution < -0.4 is 19.5 Å². The van der Waals surface area contributed by atoms with Crippen molar-refractivity contribution in [3.05, 3.63) is 53.6 Å². The molecule has 0 saturated heterocycles. The minimum absolute atomic E-state index is 0.196. The molecule has 1 aliphatic heterocycles. The van der Waals surface area contributed by atoms with Crippen molar-refractivity contribution in [3.63, 3.8) is 0 Å². The third-order valence-electron chi connectivity index (χ3n) is 3.96. The van der Waals surface area contributed by atoms with Crippen molar-refractivity contribution in [2.75, 3.05) is 13.4 Å². The number of amides is 1. The van der Waals surface area contributed by atoms with Gasteiger partial charge in [0.25, 0.3) is 5.91 Å². The highest BCUT2D eigenvalue weighted by Crippen LogP contribution is 2.32. The summed E-state index contributed by atoms with van der Waals surface area (Å²) in [5.41, 5.74) is 1.14. The lowest BCUT2D eigenvalue weighted by Crippen LogP contribution is -2.35. The van der Waals surface area contributed by atoms with Crippen LogP contribution in [0.4, 0.5) is 0 Å². The van der Waals surface area contributed by atoms with Crippen LogP contribution in [0.2, 0.25) is 0 Å². The molecule has 27 heavy (non-hydrogen) atoms. The highest BCUT2D eigenvalue weighted by Gasteiger charge is 2.21. The van der Waals surface area contributed by atoms with Crippen LogP contribution in [0.25, 0.3) is 0 Å². The second-order valence-corrected chi connectivity index (χ2v) is 5.88. The van der Waals surface area contributed by atoms with E-state index >= 15 is 0 Å². The smallest absolute Gasteiger partial charge is 0.342 e. The summed E-state index contributed by atoms with van der Waals surface area (Å²) >= 11 is 0. The highest BCUT2D eigenvalue weighted by atomic mass is 16.7. The standard InChI is InChI=1S/C20H21NO6/c1-3-24-16-7-5-4-6-15(16)20(23)27-13(2)19(22)21-11-14-8-9-17-18(10-14)26-12-25-17/h4-10,13H,3,11-12H2,1-2H3,(H,21,22)/t13-/m1/s1. The van der Waals surface area contributed by atoms with Gasteiger partial charge in [0.15, 0.2) is 17.6 Å². The molecule has 0 fully saturated rings. The molecule has 0 bridgehead atoms. The van der Waals surface area contributed by atoms with Gasteiger partial charge in [-0.05, 0) is 43.7 Å². The highest BCUT2D eigenvalue weighted by molar-refractivity contribution is 5.94. The maximum absolute atomic E-state index is 12.3. The van der Waals surface area contributed by atoms with Crippen molar-refractivity contribution in [3.8, 4) is 17.2 Å². The fraction of sp³-hybridized carbons (Fsp3) is 0.300. The molecule has 7 nitrogen and oxygen atoms in total. The molecule has 2 aromatic rings. The molecule has 0 saturated carbocycles. The van der Waals surface area contributed by atoms with E-state index in [1.807, 2.05) is 13.0 Å². The first-order chi connectivity index (χ1) is 13.1. The van der Waals surface area contributed by atoms with E-state index in [0.29, 0.717) is 23.9 Å². The second kappa shape index (κ2) is 8.44. The van der Waals surface area contributed by atoms with E-state index < -0.39 is 18.0 Å². The average Bonchev–Trinajstić information content (AvgIpc) is 3.14. The monoisotopic (exact) mass is 371 g/mol. The number of rotatable bonds is 7. The maximum atomic E-state index is 12.3. The van der Waals surface area contributed by atoms with Crippen LogP contribution in [0.15, 0.2) is 42.5 Å². The van der Waals surface area contributed by atoms with E-state index in [9.17, 15) is 9.59 Å². The molecular formula is C20H21NO6. The predicted molar refractivity (Wildman–Crippen MR) is 96.9 cm³/mol. The Kier molecular flexibility index (Phi) is 5.80. The largest absolute Gasteiger partial charge is 0.493 e. The van der Waals surface area contributed by atoms with E-state index in [1.54, 1.807) is 36.4 Å². The van der Waals surface area contributed by atoms with Gasteiger partial charge in [-0.25, -0.2) is 4.79 Å². The Morgan fingerprint density at radius 1 is 1.15 bits per heavy atom. The fourth-order valence-electron chi connectivity index (χ4n) is 2.58. The van der Waals surface area contributed by atoms with E-state index in [-0.39, 0.29) is 18.9 Å². The van der Waals surface area contributed by atoms with Crippen molar-refractivity contribution in [2.45, 2.75) is 26.5 Å². The summed E-state index contributed by atoms with van der Waals surface area (Å²) in [5.74, 6) is 0.756. The van der Waals surface area contributed by atoms with Gasteiger partial charge in [-0.15, -0.1) is 0 Å². The first-order valence-electron chi connectivity index (χ1n) is 8.67. The minimum atomic E-state index is -0.943. The number of carbonyl (C=O) groups is 2. The summed E-state index contributed by atoms with van der Waals surface area (Å²) in [6.45, 7) is 4.26. The van der Waals surface area contributed by atoms with Crippen LogP contribution in [0.1, 0.15) is 29.8 Å². The number of carbonyl (C=O) groups excluding carboxylic acids is 2. The first kappa shape index (κ1) is 18.6. The van der Waals surface area contributed by atoms with Gasteiger partial charge in [0.2, 0.25) is 6.79 Å². The zero-order valence-electron chi connectivity index (χ0n) is 15.2. The molecule has 1 heterocycles. The van der Waals surface area contributed by atoms with Gasteiger partial charge < -0.3 is 24.3 Å². The second-order valence-electron chi connectivity index (χ2n) is 5.88. The van der Waals surface area contributed by atoms with Crippen molar-refractivity contribution >= 4 is 11.9 Å². The van der Waals surface area contributed by atoms with Crippen LogP contribution >= 0.6 is 0 Å². The zero-order chi connectivity index (χ0) is 19.2. The molecule has 2 aromatic carbocycles. The van der Waals surface area contributed by atoms with E-state index in [1.165, 1.54) is 6.92 Å². The summed E-state index contributed by atoms with van der Waals surface area (Å²) in [6, 6.07) is 12.2. The molecule has 0 spiro atoms. The molecule has 1 atom stereocenters. The van der Waals surface area contributed by atoms with Crippen LogP contribution in [0.3, 0.4) is 0 Å². The number of ether oxygens (including phenoxy) is 4. The van der Waals surface area contributed by atoms with Crippen molar-refractivity contribution in [1.82, 2.24) is 5.32 Å². The minimum Gasteiger partial charge on any atom is -0.493 e. The Balaban J connectivity index is 1.55. The SMILES string of the molecule is CCOc1ccccc1C(=O)O[C@H](C)C(=O)NCc1ccc2c(c1)OCO2. The normalized spacial score (nSPS) is 13.0. The lowest BCUT2D eigenvalue weighted by Gasteiger charge is -2.15. The Morgan fingerprint density at radius 3 is 2.74 bits per heavy atom. The van der Waals surface area contributed by atoms with Crippen molar-refractivity contribution in [1.29, 1.82) is 0 Å². The van der Waals surface area contributed by atoms with Gasteiger partial charge in [-0.1, -0.05) is 18.2 Å². The Morgan fingerprint density at radius 2 is 1.93 bits per heavy atom. The molecule has 1 N–H and O–H groups in total. The molecule has 3 rings (SSSR count). The van der Waals surface area contributed by atoms with Gasteiger partial charge in [0.05, 0.1) is 6.61 Å². The van der Waals surface area contributed by atoms with E-state index in [0.717, 1.165) is 5.56 Å². The lowest BCUT2D eigenvalue weighted by atomic mass is 10.2. The van der Waals surface area contributed by atoms with Gasteiger partial charge in [-0.2, -0.15) is 0 Å². The number of hydrogen-bond acceptors (Lipinski definition) is 6. The molecule has 0 aromatic heterocycles. The predicted octanol–water partition coefficient (Wildman–Crippen LogP) is 2.68. The third-order valence-corrected chi connectivity index (χ3v) is 3.96. The van der Waals surface area contributed by atoms with Crippen LogP contribution in [0.5, 0.6) is 17.2 Å². The van der Waals surface area contributed by atoms with Gasteiger partial charge >= 0.3 is 5.97 Å². The third kappa shape index (κ3) is 4.49. The van der Waals surface area contributed by atoms with Crippen LogP contribution in [-0.2, 0) is 16.1 Å². The molecule has 1 aliphatic rings. The molecule has 0 radical (unpaired) electrons. The Bertz CT molecular complexity index is 835. The number of benzene rings is 2. The van der Waals surface area contributed by atoms with E-state index in [4.69, 9.17) is 18.9 Å². The molecule has 0 aliphatic carbocycles. The maximum Gasteiger partial charge on any atom is 0.342 e. The van der Waals surface area contributed by atoms with E-state index in [2.05, 4.69) is 5.32 Å². The fourth-order valence-corrected chi connectivity index (χ4v) is 2.58. The summed E-state index contributed by atoms with van der Waals surface area (Å²) in [7, 11) is 0. The Labute approximate surface area is 157 Å². The molecule has 7 heteroatoms. The molecule has 142 valence electrons. The molecule has 0 unspecified atom stereocenters. The van der Waals surface area contributed by atoms with Crippen LogP contribution in [0, 0.1) is 0 Å². The quantitative estimate of drug-likeness (QED) is 0.754. The average molecular weight is 371 g/mol. The topological polar surface area (TPSA) is 83.1 Å². The van der Waals surface area contributed by atoms with Gasteiger partial charge in [-0.3, -0.25) is 4.79 Å². The van der Waals surface area contributed by atoms with Gasteiger partial charge in [0.1, 0.15) is 11.3 Å². The van der Waals surface area contributed by atoms with Gasteiger partial charge in [0, 0.05) is 6.54 Å². The number of hydrogen-bond donors (Lipinski definition) is 1. The van der Waals surface area contributed by atoms with Crippen LogP contribution in [-0.4, -0.2) is 31.4 Å². The molecule has 1 amide bonds. The summed E-state index contributed by atoms with van der Waals surface area (Å²) in [6.07, 6.45) is -0.943. The summed E-state index contributed by atoms with van der Waals surface area (Å²) in [5, 5.41) is 2.74. The summed E-state index contributed by atoms with van der Waals surface area (Å²) in [4.78, 5) is 24.6. The number of nitrogens with one attached hydrogen (secondary N) is 1. The summed E-state index contributed by atoms with van der Waals surface area (Å²) < 4.78 is 21.3. The zero-order valence-corrected chi connectivity index (χ0v) is 15.2. The first-order valence-corrected chi connectivity index (χ1v) is 8.67. The Hall–Kier alpha value is -3.22. The van der Waals surface area contributed by atoms with Crippen molar-refractivity contribution < 1.29 is 28.5 Å². The lowest BCUT2D eigenvalue weighted by molar-refractivity contribution is -0.129.